The van der Waals surface area contributed by atoms with Crippen LogP contribution in [0.25, 0.3) is 10.9 Å². The number of benzene rings is 1. The molecular formula is C20H24N2O2. The summed E-state index contributed by atoms with van der Waals surface area (Å²) in [5, 5.41) is 15.6. The molecule has 2 atom stereocenters. The van der Waals surface area contributed by atoms with E-state index in [1.165, 1.54) is 0 Å². The number of nitrogens with one attached hydrogen (secondary N) is 1. The van der Waals surface area contributed by atoms with Gasteiger partial charge in [0, 0.05) is 17.6 Å². The monoisotopic (exact) mass is 324 g/mol. The fraction of sp³-hybridized carbons (Fsp3) is 0.350. The minimum atomic E-state index is -0.698. The molecule has 0 spiro atoms. The van der Waals surface area contributed by atoms with E-state index >= 15 is 0 Å². The number of pyridine rings is 1. The average molecular weight is 324 g/mol. The Morgan fingerprint density at radius 3 is 3.00 bits per heavy atom. The zero-order valence-corrected chi connectivity index (χ0v) is 14.2. The molecule has 0 aliphatic carbocycles. The lowest BCUT2D eigenvalue weighted by Crippen LogP contribution is -2.30. The first-order valence-corrected chi connectivity index (χ1v) is 8.35. The standard InChI is InChI=1S/C20H24N2O2/c1-4-14-6-5-10-21-13(2)19(14)20(23)16-9-11-22-18-8-7-15(24-3)12-17(16)18/h4,7-9,11-13,20-21,23H,1,5-6,10H2,2-3H3/t13-,20+/m1/s1. The molecule has 4 heteroatoms. The Balaban J connectivity index is 2.14. The molecule has 2 N–H and O–H groups in total. The Kier molecular flexibility index (Phi) is 4.97. The Morgan fingerprint density at radius 2 is 2.25 bits per heavy atom. The number of fused-ring (bicyclic) bond motifs is 1. The van der Waals surface area contributed by atoms with Gasteiger partial charge in [-0.3, -0.25) is 4.98 Å². The van der Waals surface area contributed by atoms with Gasteiger partial charge in [0.1, 0.15) is 11.9 Å². The molecule has 0 fully saturated rings. The van der Waals surface area contributed by atoms with Crippen LogP contribution < -0.4 is 10.1 Å². The van der Waals surface area contributed by atoms with Crippen LogP contribution in [0.15, 0.2) is 54.3 Å². The lowest BCUT2D eigenvalue weighted by molar-refractivity contribution is 0.206. The molecule has 1 aromatic heterocycles. The maximum Gasteiger partial charge on any atom is 0.119 e. The third kappa shape index (κ3) is 3.07. The van der Waals surface area contributed by atoms with E-state index in [4.69, 9.17) is 4.74 Å². The van der Waals surface area contributed by atoms with Crippen molar-refractivity contribution in [1.29, 1.82) is 0 Å². The second-order valence-electron chi connectivity index (χ2n) is 6.15. The summed E-state index contributed by atoms with van der Waals surface area (Å²) in [6.45, 7) is 6.99. The molecule has 0 unspecified atom stereocenters. The summed E-state index contributed by atoms with van der Waals surface area (Å²) in [5.41, 5.74) is 3.83. The summed E-state index contributed by atoms with van der Waals surface area (Å²) >= 11 is 0. The number of rotatable bonds is 4. The van der Waals surface area contributed by atoms with Crippen LogP contribution in [0.1, 0.15) is 31.4 Å². The van der Waals surface area contributed by atoms with Gasteiger partial charge in [0.2, 0.25) is 0 Å². The summed E-state index contributed by atoms with van der Waals surface area (Å²) in [6, 6.07) is 7.73. The van der Waals surface area contributed by atoms with E-state index in [0.29, 0.717) is 0 Å². The number of aromatic nitrogens is 1. The van der Waals surface area contributed by atoms with Gasteiger partial charge < -0.3 is 15.2 Å². The minimum absolute atomic E-state index is 0.101. The van der Waals surface area contributed by atoms with E-state index in [0.717, 1.165) is 52.7 Å². The number of hydrogen-bond donors (Lipinski definition) is 2. The Labute approximate surface area is 142 Å². The molecule has 1 aliphatic rings. The van der Waals surface area contributed by atoms with Crippen molar-refractivity contribution in [2.24, 2.45) is 0 Å². The zero-order chi connectivity index (χ0) is 17.1. The Hall–Kier alpha value is -2.17. The smallest absolute Gasteiger partial charge is 0.119 e. The lowest BCUT2D eigenvalue weighted by Gasteiger charge is -2.24. The van der Waals surface area contributed by atoms with Crippen molar-refractivity contribution >= 4 is 10.9 Å². The van der Waals surface area contributed by atoms with E-state index in [-0.39, 0.29) is 6.04 Å². The van der Waals surface area contributed by atoms with Crippen LogP contribution in [-0.4, -0.2) is 29.8 Å². The van der Waals surface area contributed by atoms with Crippen LogP contribution in [0.4, 0.5) is 0 Å². The van der Waals surface area contributed by atoms with Crippen LogP contribution in [0.2, 0.25) is 0 Å². The molecule has 0 amide bonds. The fourth-order valence-corrected chi connectivity index (χ4v) is 3.44. The summed E-state index contributed by atoms with van der Waals surface area (Å²) in [6.07, 6.45) is 4.91. The van der Waals surface area contributed by atoms with Crippen LogP contribution in [0.5, 0.6) is 5.75 Å². The van der Waals surface area contributed by atoms with Gasteiger partial charge in [-0.2, -0.15) is 0 Å². The first-order chi connectivity index (χ1) is 11.7. The molecule has 0 bridgehead atoms. The number of methoxy groups -OCH3 is 1. The molecule has 1 aromatic carbocycles. The highest BCUT2D eigenvalue weighted by atomic mass is 16.5. The van der Waals surface area contributed by atoms with E-state index < -0.39 is 6.10 Å². The summed E-state index contributed by atoms with van der Waals surface area (Å²) < 4.78 is 5.34. The number of ether oxygens (including phenoxy) is 1. The number of allylic oxidation sites excluding steroid dienone is 2. The lowest BCUT2D eigenvalue weighted by atomic mass is 9.89. The van der Waals surface area contributed by atoms with Gasteiger partial charge in [-0.15, -0.1) is 0 Å². The van der Waals surface area contributed by atoms with Gasteiger partial charge in [-0.25, -0.2) is 0 Å². The SMILES string of the molecule is C=CC1=C([C@@H](O)c2ccnc3ccc(OC)cc23)[C@@H](C)NCCC1. The highest BCUT2D eigenvalue weighted by molar-refractivity contribution is 5.84. The molecule has 2 heterocycles. The molecule has 1 aliphatic heterocycles. The molecule has 0 saturated carbocycles. The van der Waals surface area contributed by atoms with Gasteiger partial charge in [0.15, 0.2) is 0 Å². The van der Waals surface area contributed by atoms with Crippen molar-refractivity contribution < 1.29 is 9.84 Å². The van der Waals surface area contributed by atoms with Gasteiger partial charge in [-0.05, 0) is 67.3 Å². The molecule has 126 valence electrons. The highest BCUT2D eigenvalue weighted by Crippen LogP contribution is 2.35. The van der Waals surface area contributed by atoms with Gasteiger partial charge in [0.25, 0.3) is 0 Å². The predicted molar refractivity (Wildman–Crippen MR) is 97.2 cm³/mol. The van der Waals surface area contributed by atoms with Crippen molar-refractivity contribution in [3.8, 4) is 5.75 Å². The largest absolute Gasteiger partial charge is 0.497 e. The van der Waals surface area contributed by atoms with Gasteiger partial charge in [0.05, 0.1) is 12.6 Å². The third-order valence-corrected chi connectivity index (χ3v) is 4.73. The van der Waals surface area contributed by atoms with E-state index in [1.54, 1.807) is 13.3 Å². The van der Waals surface area contributed by atoms with Crippen LogP contribution >= 0.6 is 0 Å². The topological polar surface area (TPSA) is 54.4 Å². The fourth-order valence-electron chi connectivity index (χ4n) is 3.44. The third-order valence-electron chi connectivity index (χ3n) is 4.73. The first-order valence-electron chi connectivity index (χ1n) is 8.35. The average Bonchev–Trinajstić information content (AvgIpc) is 2.81. The van der Waals surface area contributed by atoms with Crippen LogP contribution in [-0.2, 0) is 0 Å². The second kappa shape index (κ2) is 7.16. The number of nitrogens with zero attached hydrogens (tertiary/aromatic N) is 1. The predicted octanol–water partition coefficient (Wildman–Crippen LogP) is 3.53. The van der Waals surface area contributed by atoms with E-state index in [9.17, 15) is 5.11 Å². The maximum absolute atomic E-state index is 11.2. The van der Waals surface area contributed by atoms with Crippen molar-refractivity contribution in [2.45, 2.75) is 31.9 Å². The number of hydrogen-bond acceptors (Lipinski definition) is 4. The van der Waals surface area contributed by atoms with Gasteiger partial charge >= 0.3 is 0 Å². The van der Waals surface area contributed by atoms with Crippen molar-refractivity contribution in [3.05, 3.63) is 59.8 Å². The minimum Gasteiger partial charge on any atom is -0.497 e. The molecule has 2 aromatic rings. The summed E-state index contributed by atoms with van der Waals surface area (Å²) in [5.74, 6) is 0.758. The highest BCUT2D eigenvalue weighted by Gasteiger charge is 2.25. The maximum atomic E-state index is 11.2. The first kappa shape index (κ1) is 16.7. The van der Waals surface area contributed by atoms with Crippen molar-refractivity contribution in [2.75, 3.05) is 13.7 Å². The quantitative estimate of drug-likeness (QED) is 0.903. The summed E-state index contributed by atoms with van der Waals surface area (Å²) in [4.78, 5) is 4.40. The second-order valence-corrected chi connectivity index (χ2v) is 6.15. The zero-order valence-electron chi connectivity index (χ0n) is 14.2. The van der Waals surface area contributed by atoms with Crippen LogP contribution in [0.3, 0.4) is 0 Å². The molecular weight excluding hydrogens is 300 g/mol. The molecule has 4 nitrogen and oxygen atoms in total. The van der Waals surface area contributed by atoms with Gasteiger partial charge in [-0.1, -0.05) is 12.7 Å². The van der Waals surface area contributed by atoms with E-state index in [1.807, 2.05) is 30.3 Å². The number of aliphatic hydroxyl groups excluding tert-OH is 1. The summed E-state index contributed by atoms with van der Waals surface area (Å²) in [7, 11) is 1.64. The molecule has 24 heavy (non-hydrogen) atoms. The Bertz CT molecular complexity index is 782. The van der Waals surface area contributed by atoms with Crippen LogP contribution in [0, 0.1) is 0 Å². The van der Waals surface area contributed by atoms with Crippen molar-refractivity contribution in [1.82, 2.24) is 10.3 Å². The number of aliphatic hydroxyl groups is 1. The molecule has 3 rings (SSSR count). The van der Waals surface area contributed by atoms with E-state index in [2.05, 4.69) is 23.8 Å². The molecule has 0 radical (unpaired) electrons. The van der Waals surface area contributed by atoms with Crippen molar-refractivity contribution in [3.63, 3.8) is 0 Å². The normalized spacial score (nSPS) is 19.9. The Morgan fingerprint density at radius 1 is 1.42 bits per heavy atom. The molecule has 0 saturated heterocycles.